The molecule has 2 aromatic carbocycles. The van der Waals surface area contributed by atoms with Crippen LogP contribution in [0.3, 0.4) is 0 Å². The predicted molar refractivity (Wildman–Crippen MR) is 110 cm³/mol. The number of thioether (sulfide) groups is 1. The number of pyridine rings is 1. The monoisotopic (exact) mass is 385 g/mol. The number of nitrogens with zero attached hydrogens (tertiary/aromatic N) is 4. The zero-order chi connectivity index (χ0) is 19.7. The van der Waals surface area contributed by atoms with Gasteiger partial charge in [0, 0.05) is 10.9 Å². The Morgan fingerprint density at radius 3 is 2.57 bits per heavy atom. The normalized spacial score (nSPS) is 10.9. The number of benzene rings is 2. The van der Waals surface area contributed by atoms with Gasteiger partial charge in [0.1, 0.15) is 22.1 Å². The minimum atomic E-state index is -0.467. The highest BCUT2D eigenvalue weighted by molar-refractivity contribution is 8.00. The number of aryl methyl sites for hydroxylation is 1. The lowest BCUT2D eigenvalue weighted by molar-refractivity contribution is -0.115. The summed E-state index contributed by atoms with van der Waals surface area (Å²) in [6.45, 7) is 2.00. The van der Waals surface area contributed by atoms with E-state index in [-0.39, 0.29) is 5.75 Å². The Kier molecular flexibility index (Phi) is 4.63. The van der Waals surface area contributed by atoms with E-state index in [1.165, 1.54) is 0 Å². The number of fused-ring (bicyclic) bond motifs is 3. The molecule has 6 nitrogen and oxygen atoms in total. The van der Waals surface area contributed by atoms with Gasteiger partial charge in [-0.05, 0) is 18.6 Å². The molecule has 0 atom stereocenters. The number of hydrogen-bond donors (Lipinski definition) is 1. The standard InChI is InChI=1S/C21H15N5OS/c1-12-6-8-13(9-7-12)18-15(10-22)21(28-11-17(23)27)24-19-14-4-2-3-5-16(14)25-26-20(18)19/h2-9H,11H2,1H3,(H2,23,27). The van der Waals surface area contributed by atoms with Crippen molar-refractivity contribution >= 4 is 39.6 Å². The van der Waals surface area contributed by atoms with Gasteiger partial charge in [0.15, 0.2) is 0 Å². The molecule has 4 aromatic rings. The van der Waals surface area contributed by atoms with Crippen molar-refractivity contribution < 1.29 is 4.79 Å². The van der Waals surface area contributed by atoms with Gasteiger partial charge in [-0.2, -0.15) is 5.26 Å². The molecule has 136 valence electrons. The molecule has 2 aromatic heterocycles. The van der Waals surface area contributed by atoms with Crippen molar-refractivity contribution in [2.75, 3.05) is 5.75 Å². The van der Waals surface area contributed by atoms with Crippen LogP contribution in [0.15, 0.2) is 53.6 Å². The van der Waals surface area contributed by atoms with Gasteiger partial charge in [-0.15, -0.1) is 10.2 Å². The van der Waals surface area contributed by atoms with Crippen molar-refractivity contribution in [3.05, 3.63) is 59.7 Å². The van der Waals surface area contributed by atoms with Crippen molar-refractivity contribution in [3.63, 3.8) is 0 Å². The molecule has 28 heavy (non-hydrogen) atoms. The lowest BCUT2D eigenvalue weighted by atomic mass is 9.98. The number of amides is 1. The summed E-state index contributed by atoms with van der Waals surface area (Å²) in [6.07, 6.45) is 0. The molecule has 0 spiro atoms. The highest BCUT2D eigenvalue weighted by atomic mass is 32.2. The van der Waals surface area contributed by atoms with Crippen LogP contribution in [-0.4, -0.2) is 26.8 Å². The van der Waals surface area contributed by atoms with E-state index in [0.717, 1.165) is 28.3 Å². The molecule has 0 aliphatic heterocycles. The first-order valence-electron chi connectivity index (χ1n) is 8.56. The Bertz CT molecular complexity index is 1260. The van der Waals surface area contributed by atoms with Crippen LogP contribution in [0.25, 0.3) is 33.1 Å². The first kappa shape index (κ1) is 17.9. The number of primary amides is 1. The highest BCUT2D eigenvalue weighted by Crippen LogP contribution is 2.37. The summed E-state index contributed by atoms with van der Waals surface area (Å²) >= 11 is 1.16. The van der Waals surface area contributed by atoms with E-state index in [9.17, 15) is 10.1 Å². The van der Waals surface area contributed by atoms with Crippen LogP contribution in [0.5, 0.6) is 0 Å². The third kappa shape index (κ3) is 3.15. The van der Waals surface area contributed by atoms with Gasteiger partial charge in [-0.3, -0.25) is 4.79 Å². The second-order valence-corrected chi connectivity index (χ2v) is 7.28. The van der Waals surface area contributed by atoms with Crippen LogP contribution in [0, 0.1) is 18.3 Å². The van der Waals surface area contributed by atoms with Crippen molar-refractivity contribution in [1.29, 1.82) is 5.26 Å². The minimum absolute atomic E-state index is 0.0387. The van der Waals surface area contributed by atoms with Crippen molar-refractivity contribution in [2.24, 2.45) is 5.73 Å². The summed E-state index contributed by atoms with van der Waals surface area (Å²) in [6, 6.07) is 17.7. The smallest absolute Gasteiger partial charge is 0.227 e. The molecule has 0 aliphatic rings. The zero-order valence-electron chi connectivity index (χ0n) is 15.0. The van der Waals surface area contributed by atoms with Gasteiger partial charge >= 0.3 is 0 Å². The van der Waals surface area contributed by atoms with E-state index in [1.807, 2.05) is 55.5 Å². The average molecular weight is 385 g/mol. The molecule has 1 amide bonds. The topological polar surface area (TPSA) is 106 Å². The molecule has 0 saturated carbocycles. The minimum Gasteiger partial charge on any atom is -0.369 e. The summed E-state index contributed by atoms with van der Waals surface area (Å²) < 4.78 is 0. The second kappa shape index (κ2) is 7.25. The molecular formula is C21H15N5OS. The molecule has 4 rings (SSSR count). The van der Waals surface area contributed by atoms with E-state index in [0.29, 0.717) is 32.7 Å². The van der Waals surface area contributed by atoms with Gasteiger partial charge < -0.3 is 5.73 Å². The molecule has 2 heterocycles. The summed E-state index contributed by atoms with van der Waals surface area (Å²) in [5.74, 6) is -0.429. The third-order valence-electron chi connectivity index (χ3n) is 4.36. The zero-order valence-corrected chi connectivity index (χ0v) is 15.8. The highest BCUT2D eigenvalue weighted by Gasteiger charge is 2.20. The number of nitrogens with two attached hydrogens (primary N) is 1. The SMILES string of the molecule is Cc1ccc(-c2c(C#N)c(SCC(N)=O)nc3c2nnc2ccccc23)cc1. The van der Waals surface area contributed by atoms with Crippen LogP contribution in [0.4, 0.5) is 0 Å². The summed E-state index contributed by atoms with van der Waals surface area (Å²) in [5.41, 5.74) is 10.2. The third-order valence-corrected chi connectivity index (χ3v) is 5.36. The molecule has 0 fully saturated rings. The van der Waals surface area contributed by atoms with Gasteiger partial charge in [0.25, 0.3) is 0 Å². The first-order valence-corrected chi connectivity index (χ1v) is 9.54. The Balaban J connectivity index is 2.11. The van der Waals surface area contributed by atoms with Crippen LogP contribution in [0.2, 0.25) is 0 Å². The Morgan fingerprint density at radius 2 is 1.86 bits per heavy atom. The molecule has 0 unspecified atom stereocenters. The maximum Gasteiger partial charge on any atom is 0.227 e. The number of nitriles is 1. The van der Waals surface area contributed by atoms with Gasteiger partial charge in [-0.25, -0.2) is 4.98 Å². The summed E-state index contributed by atoms with van der Waals surface area (Å²) in [4.78, 5) is 16.0. The number of carbonyl (C=O) groups excluding carboxylic acids is 1. The summed E-state index contributed by atoms with van der Waals surface area (Å²) in [5, 5.41) is 19.9. The molecule has 0 saturated heterocycles. The van der Waals surface area contributed by atoms with Crippen LogP contribution in [-0.2, 0) is 4.79 Å². The maximum atomic E-state index is 11.3. The van der Waals surface area contributed by atoms with E-state index < -0.39 is 5.91 Å². The number of hydrogen-bond acceptors (Lipinski definition) is 6. The fourth-order valence-electron chi connectivity index (χ4n) is 3.05. The van der Waals surface area contributed by atoms with E-state index in [1.54, 1.807) is 0 Å². The number of rotatable bonds is 4. The van der Waals surface area contributed by atoms with E-state index in [2.05, 4.69) is 21.3 Å². The molecule has 7 heteroatoms. The van der Waals surface area contributed by atoms with Gasteiger partial charge in [0.05, 0.1) is 16.8 Å². The van der Waals surface area contributed by atoms with Crippen molar-refractivity contribution in [3.8, 4) is 17.2 Å². The van der Waals surface area contributed by atoms with Gasteiger partial charge in [-0.1, -0.05) is 59.8 Å². The van der Waals surface area contributed by atoms with E-state index in [4.69, 9.17) is 5.73 Å². The molecular weight excluding hydrogens is 370 g/mol. The molecule has 2 N–H and O–H groups in total. The molecule has 0 radical (unpaired) electrons. The Labute approximate surface area is 165 Å². The number of carbonyl (C=O) groups is 1. The molecule has 0 aliphatic carbocycles. The predicted octanol–water partition coefficient (Wildman–Crippen LogP) is 3.60. The van der Waals surface area contributed by atoms with E-state index >= 15 is 0 Å². The van der Waals surface area contributed by atoms with Crippen LogP contribution in [0.1, 0.15) is 11.1 Å². The lowest BCUT2D eigenvalue weighted by Gasteiger charge is -2.13. The molecule has 0 bridgehead atoms. The lowest BCUT2D eigenvalue weighted by Crippen LogP contribution is -2.13. The fraction of sp³-hybridized carbons (Fsp3) is 0.0952. The van der Waals surface area contributed by atoms with Crippen LogP contribution >= 0.6 is 11.8 Å². The largest absolute Gasteiger partial charge is 0.369 e. The second-order valence-electron chi connectivity index (χ2n) is 6.31. The van der Waals surface area contributed by atoms with Crippen molar-refractivity contribution in [1.82, 2.24) is 15.2 Å². The van der Waals surface area contributed by atoms with Crippen molar-refractivity contribution in [2.45, 2.75) is 11.9 Å². The van der Waals surface area contributed by atoms with Gasteiger partial charge in [0.2, 0.25) is 5.91 Å². The average Bonchev–Trinajstić information content (AvgIpc) is 2.71. The Hall–Kier alpha value is -3.50. The van der Waals surface area contributed by atoms with Crippen LogP contribution < -0.4 is 5.73 Å². The Morgan fingerprint density at radius 1 is 1.11 bits per heavy atom. The quantitative estimate of drug-likeness (QED) is 0.425. The summed E-state index contributed by atoms with van der Waals surface area (Å²) in [7, 11) is 0. The number of aromatic nitrogens is 3. The first-order chi connectivity index (χ1) is 13.6. The maximum absolute atomic E-state index is 11.3. The fourth-order valence-corrected chi connectivity index (χ4v) is 3.78.